The fourth-order valence-corrected chi connectivity index (χ4v) is 1.46. The fourth-order valence-electron chi connectivity index (χ4n) is 1.46. The summed E-state index contributed by atoms with van der Waals surface area (Å²) >= 11 is 0. The van der Waals surface area contributed by atoms with E-state index in [0.29, 0.717) is 18.6 Å². The van der Waals surface area contributed by atoms with Crippen LogP contribution < -0.4 is 5.73 Å². The smallest absolute Gasteiger partial charge is 0.182 e. The Hall–Kier alpha value is -1.20. The summed E-state index contributed by atoms with van der Waals surface area (Å²) in [5.74, 6) is -0.0456. The molecule has 1 heterocycles. The first-order chi connectivity index (χ1) is 7.69. The number of nitrogens with two attached hydrogens (primary N) is 1. The number of carbonyl (C=O) groups is 1. The maximum atomic E-state index is 11.8. The zero-order chi connectivity index (χ0) is 12.0. The van der Waals surface area contributed by atoms with E-state index < -0.39 is 6.04 Å². The van der Waals surface area contributed by atoms with Crippen LogP contribution in [-0.4, -0.2) is 35.3 Å². The number of nitrogens with zero attached hydrogens (tertiary/aromatic N) is 2. The van der Waals surface area contributed by atoms with E-state index >= 15 is 0 Å². The number of hydrogen-bond acceptors (Lipinski definition) is 4. The maximum Gasteiger partial charge on any atom is 0.182 e. The molecule has 0 amide bonds. The molecule has 0 bridgehead atoms. The van der Waals surface area contributed by atoms with Gasteiger partial charge in [-0.05, 0) is 19.8 Å². The number of Topliss-reactive ketones (excluding diaryl/α,β-unsaturated/α-hetero) is 1. The Balaban J connectivity index is 2.49. The third-order valence-electron chi connectivity index (χ3n) is 2.44. The number of rotatable bonds is 7. The van der Waals surface area contributed by atoms with Gasteiger partial charge in [0, 0.05) is 26.5 Å². The summed E-state index contributed by atoms with van der Waals surface area (Å²) in [5, 5.41) is 4.05. The first kappa shape index (κ1) is 12.9. The van der Waals surface area contributed by atoms with Gasteiger partial charge in [0.25, 0.3) is 0 Å². The molecule has 0 saturated carbocycles. The van der Waals surface area contributed by atoms with Crippen LogP contribution in [0.3, 0.4) is 0 Å². The monoisotopic (exact) mass is 225 g/mol. The van der Waals surface area contributed by atoms with Crippen LogP contribution in [0, 0.1) is 0 Å². The van der Waals surface area contributed by atoms with Crippen LogP contribution in [0.25, 0.3) is 0 Å². The molecule has 0 fully saturated rings. The molecule has 0 aromatic carbocycles. The standard InChI is InChI=1S/C11H19N3O2/c1-3-14-8-9(7-13-14)11(15)10(12)5-4-6-16-2/h7-8,10H,3-6,12H2,1-2H3. The van der Waals surface area contributed by atoms with Gasteiger partial charge in [-0.3, -0.25) is 9.48 Å². The second-order valence-electron chi connectivity index (χ2n) is 3.69. The number of hydrogen-bond donors (Lipinski definition) is 1. The molecule has 2 N–H and O–H groups in total. The Kier molecular flexibility index (Phi) is 5.14. The van der Waals surface area contributed by atoms with Crippen LogP contribution in [0.15, 0.2) is 12.4 Å². The molecule has 1 unspecified atom stereocenters. The molecular formula is C11H19N3O2. The lowest BCUT2D eigenvalue weighted by Gasteiger charge is -2.08. The highest BCUT2D eigenvalue weighted by molar-refractivity contribution is 5.99. The van der Waals surface area contributed by atoms with Crippen molar-refractivity contribution in [2.45, 2.75) is 32.4 Å². The number of ether oxygens (including phenoxy) is 1. The summed E-state index contributed by atoms with van der Waals surface area (Å²) in [6.07, 6.45) is 4.75. The van der Waals surface area contributed by atoms with Crippen molar-refractivity contribution in [3.63, 3.8) is 0 Å². The van der Waals surface area contributed by atoms with Crippen molar-refractivity contribution in [2.75, 3.05) is 13.7 Å². The highest BCUT2D eigenvalue weighted by Gasteiger charge is 2.16. The van der Waals surface area contributed by atoms with Crippen molar-refractivity contribution in [1.82, 2.24) is 9.78 Å². The van der Waals surface area contributed by atoms with Gasteiger partial charge < -0.3 is 10.5 Å². The summed E-state index contributed by atoms with van der Waals surface area (Å²) in [4.78, 5) is 11.8. The Bertz CT molecular complexity index is 336. The highest BCUT2D eigenvalue weighted by atomic mass is 16.5. The SMILES string of the molecule is CCn1cc(C(=O)C(N)CCCOC)cn1. The molecule has 0 aliphatic heterocycles. The summed E-state index contributed by atoms with van der Waals surface area (Å²) in [5.41, 5.74) is 6.39. The molecule has 90 valence electrons. The molecule has 5 nitrogen and oxygen atoms in total. The van der Waals surface area contributed by atoms with Gasteiger partial charge >= 0.3 is 0 Å². The Morgan fingerprint density at radius 2 is 2.44 bits per heavy atom. The van der Waals surface area contributed by atoms with Gasteiger partial charge in [0.05, 0.1) is 17.8 Å². The van der Waals surface area contributed by atoms with Crippen molar-refractivity contribution in [3.05, 3.63) is 18.0 Å². The normalized spacial score (nSPS) is 12.7. The minimum atomic E-state index is -0.454. The topological polar surface area (TPSA) is 70.1 Å². The predicted octanol–water partition coefficient (Wildman–Crippen LogP) is 0.840. The quantitative estimate of drug-likeness (QED) is 0.551. The lowest BCUT2D eigenvalue weighted by atomic mass is 10.0. The van der Waals surface area contributed by atoms with Crippen LogP contribution in [0.4, 0.5) is 0 Å². The molecule has 0 aliphatic rings. The van der Waals surface area contributed by atoms with Crippen molar-refractivity contribution in [2.24, 2.45) is 5.73 Å². The van der Waals surface area contributed by atoms with Gasteiger partial charge in [-0.2, -0.15) is 5.10 Å². The lowest BCUT2D eigenvalue weighted by Crippen LogP contribution is -2.30. The second kappa shape index (κ2) is 6.40. The molecule has 1 aromatic heterocycles. The molecule has 0 spiro atoms. The van der Waals surface area contributed by atoms with Crippen LogP contribution in [-0.2, 0) is 11.3 Å². The molecule has 1 aromatic rings. The summed E-state index contributed by atoms with van der Waals surface area (Å²) < 4.78 is 6.63. The van der Waals surface area contributed by atoms with Gasteiger partial charge in [-0.1, -0.05) is 0 Å². The van der Waals surface area contributed by atoms with Crippen molar-refractivity contribution in [1.29, 1.82) is 0 Å². The van der Waals surface area contributed by atoms with Gasteiger partial charge in [-0.25, -0.2) is 0 Å². The van der Waals surface area contributed by atoms with Crippen LogP contribution >= 0.6 is 0 Å². The Morgan fingerprint density at radius 3 is 3.00 bits per heavy atom. The minimum Gasteiger partial charge on any atom is -0.385 e. The maximum absolute atomic E-state index is 11.8. The zero-order valence-electron chi connectivity index (χ0n) is 9.85. The number of methoxy groups -OCH3 is 1. The summed E-state index contributed by atoms with van der Waals surface area (Å²) in [7, 11) is 1.64. The summed E-state index contributed by atoms with van der Waals surface area (Å²) in [6, 6.07) is -0.454. The molecule has 1 atom stereocenters. The van der Waals surface area contributed by atoms with E-state index in [4.69, 9.17) is 10.5 Å². The van der Waals surface area contributed by atoms with Gasteiger partial charge in [0.1, 0.15) is 0 Å². The third-order valence-corrected chi connectivity index (χ3v) is 2.44. The van der Waals surface area contributed by atoms with E-state index in [1.807, 2.05) is 6.92 Å². The fraction of sp³-hybridized carbons (Fsp3) is 0.636. The predicted molar refractivity (Wildman–Crippen MR) is 61.3 cm³/mol. The van der Waals surface area contributed by atoms with Gasteiger partial charge in [0.15, 0.2) is 5.78 Å². The van der Waals surface area contributed by atoms with Crippen LogP contribution in [0.5, 0.6) is 0 Å². The molecular weight excluding hydrogens is 206 g/mol. The van der Waals surface area contributed by atoms with E-state index in [1.165, 1.54) is 0 Å². The zero-order valence-corrected chi connectivity index (χ0v) is 9.85. The van der Waals surface area contributed by atoms with Gasteiger partial charge in [0.2, 0.25) is 0 Å². The minimum absolute atomic E-state index is 0.0456. The molecule has 16 heavy (non-hydrogen) atoms. The second-order valence-corrected chi connectivity index (χ2v) is 3.69. The van der Waals surface area contributed by atoms with E-state index in [0.717, 1.165) is 13.0 Å². The number of aryl methyl sites for hydroxylation is 1. The van der Waals surface area contributed by atoms with Gasteiger partial charge in [-0.15, -0.1) is 0 Å². The molecule has 0 aliphatic carbocycles. The van der Waals surface area contributed by atoms with Crippen molar-refractivity contribution in [3.8, 4) is 0 Å². The molecule has 1 rings (SSSR count). The van der Waals surface area contributed by atoms with E-state index in [1.54, 1.807) is 24.2 Å². The van der Waals surface area contributed by atoms with Crippen molar-refractivity contribution >= 4 is 5.78 Å². The number of aromatic nitrogens is 2. The number of carbonyl (C=O) groups excluding carboxylic acids is 1. The molecule has 5 heteroatoms. The van der Waals surface area contributed by atoms with Crippen LogP contribution in [0.1, 0.15) is 30.1 Å². The van der Waals surface area contributed by atoms with E-state index in [2.05, 4.69) is 5.10 Å². The average Bonchev–Trinajstić information content (AvgIpc) is 2.76. The Morgan fingerprint density at radius 1 is 1.69 bits per heavy atom. The third kappa shape index (κ3) is 3.43. The first-order valence-electron chi connectivity index (χ1n) is 5.50. The highest BCUT2D eigenvalue weighted by Crippen LogP contribution is 2.05. The Labute approximate surface area is 95.6 Å². The van der Waals surface area contributed by atoms with Crippen molar-refractivity contribution < 1.29 is 9.53 Å². The summed E-state index contributed by atoms with van der Waals surface area (Å²) in [6.45, 7) is 3.36. The largest absolute Gasteiger partial charge is 0.385 e. The molecule has 0 radical (unpaired) electrons. The first-order valence-corrected chi connectivity index (χ1v) is 5.50. The number of ketones is 1. The van der Waals surface area contributed by atoms with Crippen LogP contribution in [0.2, 0.25) is 0 Å². The van der Waals surface area contributed by atoms with E-state index in [9.17, 15) is 4.79 Å². The molecule has 0 saturated heterocycles. The van der Waals surface area contributed by atoms with E-state index in [-0.39, 0.29) is 5.78 Å². The average molecular weight is 225 g/mol. The lowest BCUT2D eigenvalue weighted by molar-refractivity contribution is 0.0950.